The molecule has 0 aromatic heterocycles. The second kappa shape index (κ2) is 9.63. The number of hydrogen-bond acceptors (Lipinski definition) is 6. The van der Waals surface area contributed by atoms with Gasteiger partial charge >= 0.3 is 0 Å². The zero-order valence-corrected chi connectivity index (χ0v) is 19.1. The molecule has 170 valence electrons. The van der Waals surface area contributed by atoms with Gasteiger partial charge in [0.2, 0.25) is 0 Å². The highest BCUT2D eigenvalue weighted by Crippen LogP contribution is 2.41. The van der Waals surface area contributed by atoms with E-state index in [0.29, 0.717) is 16.9 Å². The average molecular weight is 460 g/mol. The van der Waals surface area contributed by atoms with Crippen molar-refractivity contribution >= 4 is 29.1 Å². The Morgan fingerprint density at radius 2 is 1.88 bits per heavy atom. The Labute approximate surface area is 191 Å². The van der Waals surface area contributed by atoms with Crippen LogP contribution in [0.4, 0.5) is 0 Å². The van der Waals surface area contributed by atoms with Gasteiger partial charge < -0.3 is 24.6 Å². The number of carbonyl (C=O) groups is 2. The number of aliphatic hydroxyl groups excluding tert-OH is 1. The molecule has 2 N–H and O–H groups in total. The van der Waals surface area contributed by atoms with Gasteiger partial charge in [0.15, 0.2) is 0 Å². The molecule has 7 nitrogen and oxygen atoms in total. The molecule has 1 atom stereocenters. The molecule has 1 aliphatic heterocycles. The molecule has 1 unspecified atom stereocenters. The lowest BCUT2D eigenvalue weighted by Gasteiger charge is -2.25. The van der Waals surface area contributed by atoms with Crippen LogP contribution in [0, 0.1) is 0 Å². The van der Waals surface area contributed by atoms with Crippen molar-refractivity contribution in [2.75, 3.05) is 27.4 Å². The number of ketones is 1. The van der Waals surface area contributed by atoms with Crippen molar-refractivity contribution in [2.45, 2.75) is 25.8 Å². The average Bonchev–Trinajstić information content (AvgIpc) is 3.03. The van der Waals surface area contributed by atoms with Gasteiger partial charge in [-0.1, -0.05) is 31.5 Å². The maximum absolute atomic E-state index is 13.0. The second-order valence-corrected chi connectivity index (χ2v) is 8.21. The van der Waals surface area contributed by atoms with Gasteiger partial charge in [-0.25, -0.2) is 0 Å². The summed E-state index contributed by atoms with van der Waals surface area (Å²) in [6, 6.07) is 8.67. The fourth-order valence-corrected chi connectivity index (χ4v) is 4.02. The third kappa shape index (κ3) is 4.31. The Balaban J connectivity index is 2.21. The van der Waals surface area contributed by atoms with E-state index in [0.717, 1.165) is 5.56 Å². The molecular weight excluding hydrogens is 434 g/mol. The van der Waals surface area contributed by atoms with Crippen LogP contribution in [-0.2, 0) is 14.3 Å². The van der Waals surface area contributed by atoms with Crippen LogP contribution in [0.1, 0.15) is 42.5 Å². The number of hydrogen-bond donors (Lipinski definition) is 2. The van der Waals surface area contributed by atoms with Crippen molar-refractivity contribution in [1.29, 1.82) is 0 Å². The topological polar surface area (TPSA) is 96.3 Å². The zero-order chi connectivity index (χ0) is 23.6. The number of aliphatic hydroxyl groups is 1. The highest BCUT2D eigenvalue weighted by molar-refractivity contribution is 6.46. The van der Waals surface area contributed by atoms with E-state index in [2.05, 4.69) is 0 Å². The number of amides is 1. The summed E-state index contributed by atoms with van der Waals surface area (Å²) in [5.74, 6) is -1.18. The van der Waals surface area contributed by atoms with Crippen molar-refractivity contribution < 1.29 is 29.3 Å². The number of nitrogens with zero attached hydrogens (tertiary/aromatic N) is 1. The minimum Gasteiger partial charge on any atom is -0.507 e. The molecule has 2 aromatic carbocycles. The van der Waals surface area contributed by atoms with E-state index in [4.69, 9.17) is 21.1 Å². The van der Waals surface area contributed by atoms with Gasteiger partial charge in [-0.2, -0.15) is 0 Å². The summed E-state index contributed by atoms with van der Waals surface area (Å²) in [7, 11) is 3.06. The van der Waals surface area contributed by atoms with Crippen molar-refractivity contribution in [3.8, 4) is 11.5 Å². The lowest BCUT2D eigenvalue weighted by molar-refractivity contribution is -0.140. The Hall–Kier alpha value is -3.03. The fraction of sp³-hybridized carbons (Fsp3) is 0.333. The van der Waals surface area contributed by atoms with E-state index >= 15 is 0 Å². The molecule has 2 aromatic rings. The number of Topliss-reactive ketones (excluding diaryl/α,β-unsaturated/α-hetero) is 1. The maximum atomic E-state index is 13.0. The summed E-state index contributed by atoms with van der Waals surface area (Å²) in [6.45, 7) is 4.32. The number of rotatable bonds is 7. The molecule has 1 heterocycles. The number of phenols is 1. The van der Waals surface area contributed by atoms with Crippen LogP contribution in [0.25, 0.3) is 5.76 Å². The molecule has 32 heavy (non-hydrogen) atoms. The summed E-state index contributed by atoms with van der Waals surface area (Å²) >= 11 is 6.09. The number of ether oxygens (including phenoxy) is 2. The summed E-state index contributed by atoms with van der Waals surface area (Å²) in [5, 5.41) is 21.1. The van der Waals surface area contributed by atoms with Gasteiger partial charge in [0.05, 0.1) is 30.4 Å². The molecule has 0 bridgehead atoms. The van der Waals surface area contributed by atoms with Crippen LogP contribution in [0.5, 0.6) is 11.5 Å². The van der Waals surface area contributed by atoms with E-state index in [1.807, 2.05) is 13.8 Å². The van der Waals surface area contributed by atoms with Gasteiger partial charge in [-0.05, 0) is 47.4 Å². The predicted molar refractivity (Wildman–Crippen MR) is 121 cm³/mol. The standard InChI is InChI=1S/C24H26ClNO6/c1-13(2)16-11-15(6-8-19(16)32-4)22(28)20-21(14-5-7-18(27)17(25)12-14)26(9-10-31-3)24(30)23(20)29/h5-8,11-13,21,27-28H,9-10H2,1-4H3/b22-20-. The van der Waals surface area contributed by atoms with E-state index in [1.54, 1.807) is 31.4 Å². The van der Waals surface area contributed by atoms with Gasteiger partial charge in [-0.15, -0.1) is 0 Å². The first kappa shape index (κ1) is 23.6. The summed E-state index contributed by atoms with van der Waals surface area (Å²) < 4.78 is 10.5. The SMILES string of the molecule is COCCN1C(=O)C(=O)/C(=C(\O)c2ccc(OC)c(C(C)C)c2)C1c1ccc(O)c(Cl)c1. The number of halogens is 1. The summed E-state index contributed by atoms with van der Waals surface area (Å²) in [4.78, 5) is 27.2. The fourth-order valence-electron chi connectivity index (χ4n) is 3.83. The van der Waals surface area contributed by atoms with Crippen LogP contribution >= 0.6 is 11.6 Å². The number of phenolic OH excluding ortho intramolecular Hbond substituents is 1. The lowest BCUT2D eigenvalue weighted by Crippen LogP contribution is -2.32. The first-order chi connectivity index (χ1) is 15.2. The van der Waals surface area contributed by atoms with Gasteiger partial charge in [0.25, 0.3) is 11.7 Å². The van der Waals surface area contributed by atoms with Crippen LogP contribution in [0.15, 0.2) is 42.0 Å². The Morgan fingerprint density at radius 3 is 2.47 bits per heavy atom. The van der Waals surface area contributed by atoms with Crippen molar-refractivity contribution in [3.63, 3.8) is 0 Å². The summed E-state index contributed by atoms with van der Waals surface area (Å²) in [5.41, 5.74) is 1.69. The van der Waals surface area contributed by atoms with Crippen LogP contribution < -0.4 is 4.74 Å². The molecule has 1 fully saturated rings. The molecule has 1 amide bonds. The predicted octanol–water partition coefficient (Wildman–Crippen LogP) is 4.25. The number of methoxy groups -OCH3 is 2. The van der Waals surface area contributed by atoms with E-state index < -0.39 is 17.7 Å². The van der Waals surface area contributed by atoms with E-state index in [-0.39, 0.29) is 41.2 Å². The van der Waals surface area contributed by atoms with E-state index in [9.17, 15) is 19.8 Å². The molecule has 0 radical (unpaired) electrons. The molecular formula is C24H26ClNO6. The number of aromatic hydroxyl groups is 1. The Kier molecular flexibility index (Phi) is 7.11. The normalized spacial score (nSPS) is 17.9. The quantitative estimate of drug-likeness (QED) is 0.365. The monoisotopic (exact) mass is 459 g/mol. The highest BCUT2D eigenvalue weighted by Gasteiger charge is 2.46. The second-order valence-electron chi connectivity index (χ2n) is 7.81. The first-order valence-corrected chi connectivity index (χ1v) is 10.5. The van der Waals surface area contributed by atoms with Crippen molar-refractivity contribution in [3.05, 3.63) is 63.7 Å². The molecule has 0 aliphatic carbocycles. The van der Waals surface area contributed by atoms with Crippen LogP contribution in [0.2, 0.25) is 5.02 Å². The van der Waals surface area contributed by atoms with Gasteiger partial charge in [0.1, 0.15) is 17.3 Å². The number of benzene rings is 2. The van der Waals surface area contributed by atoms with Gasteiger partial charge in [0, 0.05) is 19.2 Å². The molecule has 0 spiro atoms. The summed E-state index contributed by atoms with van der Waals surface area (Å²) in [6.07, 6.45) is 0. The minimum absolute atomic E-state index is 0.0484. The Morgan fingerprint density at radius 1 is 1.16 bits per heavy atom. The zero-order valence-electron chi connectivity index (χ0n) is 18.4. The Bertz CT molecular complexity index is 1080. The van der Waals surface area contributed by atoms with Crippen LogP contribution in [0.3, 0.4) is 0 Å². The maximum Gasteiger partial charge on any atom is 0.295 e. The first-order valence-electron chi connectivity index (χ1n) is 10.1. The van der Waals surface area contributed by atoms with Crippen molar-refractivity contribution in [2.24, 2.45) is 0 Å². The lowest BCUT2D eigenvalue weighted by atomic mass is 9.93. The smallest absolute Gasteiger partial charge is 0.295 e. The number of likely N-dealkylation sites (tertiary alicyclic amines) is 1. The minimum atomic E-state index is -0.882. The molecule has 3 rings (SSSR count). The highest BCUT2D eigenvalue weighted by atomic mass is 35.5. The van der Waals surface area contributed by atoms with Gasteiger partial charge in [-0.3, -0.25) is 9.59 Å². The number of carbonyl (C=O) groups excluding carboxylic acids is 2. The van der Waals surface area contributed by atoms with Crippen LogP contribution in [-0.4, -0.2) is 54.2 Å². The molecule has 8 heteroatoms. The van der Waals surface area contributed by atoms with E-state index in [1.165, 1.54) is 24.1 Å². The molecule has 1 saturated heterocycles. The third-order valence-corrected chi connectivity index (χ3v) is 5.79. The largest absolute Gasteiger partial charge is 0.507 e. The molecule has 1 aliphatic rings. The molecule has 0 saturated carbocycles. The third-order valence-electron chi connectivity index (χ3n) is 5.49. The van der Waals surface area contributed by atoms with Crippen molar-refractivity contribution in [1.82, 2.24) is 4.90 Å².